The van der Waals surface area contributed by atoms with Crippen molar-refractivity contribution in [2.45, 2.75) is 9.79 Å². The first-order valence-corrected chi connectivity index (χ1v) is 13.5. The summed E-state index contributed by atoms with van der Waals surface area (Å²) in [7, 11) is 0. The zero-order chi connectivity index (χ0) is 25.1. The van der Waals surface area contributed by atoms with Gasteiger partial charge in [0.1, 0.15) is 0 Å². The maximum atomic E-state index is 5.28. The van der Waals surface area contributed by atoms with Crippen LogP contribution in [0.1, 0.15) is 0 Å². The second kappa shape index (κ2) is 8.44. The van der Waals surface area contributed by atoms with Crippen molar-refractivity contribution in [2.75, 3.05) is 0 Å². The van der Waals surface area contributed by atoms with E-state index in [4.69, 9.17) is 9.97 Å². The average molecular weight is 504 g/mol. The van der Waals surface area contributed by atoms with Gasteiger partial charge in [0, 0.05) is 37.3 Å². The van der Waals surface area contributed by atoms with Gasteiger partial charge in [0.25, 0.3) is 0 Å². The molecule has 0 fully saturated rings. The molecule has 5 aromatic carbocycles. The van der Waals surface area contributed by atoms with Crippen LogP contribution in [-0.4, -0.2) is 14.5 Å². The molecule has 0 unspecified atom stereocenters. The number of nitrogens with zero attached hydrogens (tertiary/aromatic N) is 3. The van der Waals surface area contributed by atoms with Crippen LogP contribution in [0.2, 0.25) is 0 Å². The summed E-state index contributed by atoms with van der Waals surface area (Å²) in [6.07, 6.45) is 0. The minimum atomic E-state index is 0.680. The predicted octanol–water partition coefficient (Wildman–Crippen LogP) is 9.04. The van der Waals surface area contributed by atoms with Gasteiger partial charge in [0.15, 0.2) is 0 Å². The summed E-state index contributed by atoms with van der Waals surface area (Å²) in [5.74, 6) is 0.680. The highest BCUT2D eigenvalue weighted by atomic mass is 32.2. The molecule has 0 aliphatic carbocycles. The number of aromatic nitrogens is 3. The van der Waals surface area contributed by atoms with Crippen molar-refractivity contribution in [1.29, 1.82) is 0 Å². The summed E-state index contributed by atoms with van der Waals surface area (Å²) < 4.78 is 2.27. The van der Waals surface area contributed by atoms with Gasteiger partial charge in [-0.2, -0.15) is 0 Å². The summed E-state index contributed by atoms with van der Waals surface area (Å²) >= 11 is 1.83. The zero-order valence-corrected chi connectivity index (χ0v) is 21.2. The fourth-order valence-electron chi connectivity index (χ4n) is 5.59. The van der Waals surface area contributed by atoms with Gasteiger partial charge in [-0.25, -0.2) is 9.97 Å². The molecular weight excluding hydrogens is 482 g/mol. The summed E-state index contributed by atoms with van der Waals surface area (Å²) in [4.78, 5) is 12.9. The lowest BCUT2D eigenvalue weighted by molar-refractivity contribution is 0.988. The maximum absolute atomic E-state index is 5.28. The molecule has 0 saturated heterocycles. The summed E-state index contributed by atoms with van der Waals surface area (Å²) in [6.45, 7) is 0. The topological polar surface area (TPSA) is 30.7 Å². The molecule has 7 aromatic rings. The van der Waals surface area contributed by atoms with Crippen molar-refractivity contribution in [3.63, 3.8) is 0 Å². The van der Waals surface area contributed by atoms with Gasteiger partial charge in [0.05, 0.1) is 22.4 Å². The normalized spacial score (nSPS) is 12.1. The molecule has 0 spiro atoms. The van der Waals surface area contributed by atoms with Gasteiger partial charge in [-0.05, 0) is 29.8 Å². The first-order valence-electron chi connectivity index (χ1n) is 12.7. The molecule has 2 aromatic heterocycles. The van der Waals surface area contributed by atoms with Crippen molar-refractivity contribution < 1.29 is 0 Å². The predicted molar refractivity (Wildman–Crippen MR) is 157 cm³/mol. The molecule has 8 rings (SSSR count). The molecule has 0 N–H and O–H groups in total. The highest BCUT2D eigenvalue weighted by Crippen LogP contribution is 2.52. The largest absolute Gasteiger partial charge is 0.277 e. The summed E-state index contributed by atoms with van der Waals surface area (Å²) in [5, 5.41) is 2.25. The Morgan fingerprint density at radius 2 is 1.16 bits per heavy atom. The average Bonchev–Trinajstić information content (AvgIpc) is 3.25. The van der Waals surface area contributed by atoms with E-state index in [-0.39, 0.29) is 0 Å². The number of hydrogen-bond donors (Lipinski definition) is 0. The third-order valence-electron chi connectivity index (χ3n) is 7.23. The van der Waals surface area contributed by atoms with Gasteiger partial charge >= 0.3 is 0 Å². The van der Waals surface area contributed by atoms with E-state index in [1.54, 1.807) is 0 Å². The van der Waals surface area contributed by atoms with E-state index < -0.39 is 0 Å². The van der Waals surface area contributed by atoms with E-state index in [1.165, 1.54) is 31.9 Å². The Hall–Kier alpha value is -4.67. The lowest BCUT2D eigenvalue weighted by Gasteiger charge is -2.15. The van der Waals surface area contributed by atoms with Crippen LogP contribution in [0.3, 0.4) is 0 Å². The second-order valence-electron chi connectivity index (χ2n) is 9.43. The molecule has 3 nitrogen and oxygen atoms in total. The Labute approximate surface area is 224 Å². The fraction of sp³-hybridized carbons (Fsp3) is 0. The van der Waals surface area contributed by atoms with Crippen molar-refractivity contribution in [3.05, 3.63) is 127 Å². The van der Waals surface area contributed by atoms with Gasteiger partial charge in [-0.3, -0.25) is 4.57 Å². The molecule has 178 valence electrons. The van der Waals surface area contributed by atoms with E-state index >= 15 is 0 Å². The molecule has 1 aliphatic rings. The third kappa shape index (κ3) is 3.17. The zero-order valence-electron chi connectivity index (χ0n) is 20.4. The summed E-state index contributed by atoms with van der Waals surface area (Å²) in [6, 6.07) is 44.7. The van der Waals surface area contributed by atoms with Crippen molar-refractivity contribution >= 4 is 33.6 Å². The van der Waals surface area contributed by atoms with Crippen LogP contribution in [0.5, 0.6) is 0 Å². The number of benzene rings is 5. The van der Waals surface area contributed by atoms with E-state index in [1.807, 2.05) is 23.9 Å². The molecule has 0 amide bonds. The Balaban J connectivity index is 1.55. The molecular formula is C34H21N3S. The van der Waals surface area contributed by atoms with Crippen LogP contribution >= 0.6 is 11.8 Å². The van der Waals surface area contributed by atoms with Crippen LogP contribution in [0.4, 0.5) is 0 Å². The fourth-order valence-corrected chi connectivity index (χ4v) is 6.67. The second-order valence-corrected chi connectivity index (χ2v) is 10.5. The quantitative estimate of drug-likeness (QED) is 0.236. The van der Waals surface area contributed by atoms with Crippen molar-refractivity contribution in [1.82, 2.24) is 14.5 Å². The molecule has 1 aliphatic heterocycles. The third-order valence-corrected chi connectivity index (χ3v) is 8.38. The monoisotopic (exact) mass is 503 g/mol. The molecule has 0 bridgehead atoms. The molecule has 3 heterocycles. The van der Waals surface area contributed by atoms with Crippen LogP contribution in [0, 0.1) is 0 Å². The minimum Gasteiger partial charge on any atom is -0.277 e. The smallest absolute Gasteiger partial charge is 0.235 e. The van der Waals surface area contributed by atoms with E-state index in [0.717, 1.165) is 33.4 Å². The van der Waals surface area contributed by atoms with Gasteiger partial charge < -0.3 is 0 Å². The highest BCUT2D eigenvalue weighted by molar-refractivity contribution is 7.99. The first-order chi connectivity index (χ1) is 18.9. The highest BCUT2D eigenvalue weighted by Gasteiger charge is 2.28. The molecule has 38 heavy (non-hydrogen) atoms. The number of hydrogen-bond acceptors (Lipinski definition) is 3. The Kier molecular flexibility index (Phi) is 4.76. The number of fused-ring (bicyclic) bond motifs is 8. The van der Waals surface area contributed by atoms with Gasteiger partial charge in [-0.1, -0.05) is 115 Å². The molecule has 0 atom stereocenters. The Morgan fingerprint density at radius 1 is 0.526 bits per heavy atom. The van der Waals surface area contributed by atoms with E-state index in [9.17, 15) is 0 Å². The molecule has 0 radical (unpaired) electrons. The molecule has 0 saturated carbocycles. The lowest BCUT2D eigenvalue weighted by atomic mass is 9.98. The Morgan fingerprint density at radius 3 is 2.00 bits per heavy atom. The van der Waals surface area contributed by atoms with Gasteiger partial charge in [0.2, 0.25) is 5.95 Å². The Bertz CT molecular complexity index is 2010. The maximum Gasteiger partial charge on any atom is 0.235 e. The minimum absolute atomic E-state index is 0.680. The van der Waals surface area contributed by atoms with Gasteiger partial charge in [-0.15, -0.1) is 0 Å². The van der Waals surface area contributed by atoms with Crippen LogP contribution in [0.25, 0.3) is 61.4 Å². The van der Waals surface area contributed by atoms with Crippen LogP contribution < -0.4 is 0 Å². The standard InChI is InChI=1S/C34H21N3S/c1-2-12-22(13-3-1)32-23-14-4-8-18-27(23)35-34(36-32)37-28-19-9-5-15-24(28)31-25-16-6-10-20-29(25)38-30-21-11-7-17-26(30)33(31)37/h1-21H. The summed E-state index contributed by atoms with van der Waals surface area (Å²) in [5.41, 5.74) is 8.84. The van der Waals surface area contributed by atoms with Crippen LogP contribution in [0.15, 0.2) is 137 Å². The first kappa shape index (κ1) is 21.4. The number of para-hydroxylation sites is 2. The lowest BCUT2D eigenvalue weighted by Crippen LogP contribution is -2.05. The van der Waals surface area contributed by atoms with E-state index in [0.29, 0.717) is 5.95 Å². The van der Waals surface area contributed by atoms with E-state index in [2.05, 4.69) is 120 Å². The van der Waals surface area contributed by atoms with Crippen molar-refractivity contribution in [2.24, 2.45) is 0 Å². The number of rotatable bonds is 2. The van der Waals surface area contributed by atoms with Crippen molar-refractivity contribution in [3.8, 4) is 39.6 Å². The SMILES string of the molecule is c1ccc(-c2nc(-n3c4c(c5ccccc53)-c3ccccc3Sc3ccccc3-4)nc3ccccc23)cc1. The molecule has 4 heteroatoms. The van der Waals surface area contributed by atoms with Crippen LogP contribution in [-0.2, 0) is 0 Å².